The van der Waals surface area contributed by atoms with Gasteiger partial charge in [-0.3, -0.25) is 13.9 Å². The van der Waals surface area contributed by atoms with Crippen molar-refractivity contribution in [3.05, 3.63) is 92.4 Å². The zero-order valence-corrected chi connectivity index (χ0v) is 26.7. The van der Waals surface area contributed by atoms with Gasteiger partial charge in [-0.15, -0.1) is 0 Å². The fourth-order valence-corrected chi connectivity index (χ4v) is 6.73. The predicted octanol–water partition coefficient (Wildman–Crippen LogP) is 6.74. The lowest BCUT2D eigenvalue weighted by Gasteiger charge is -2.32. The van der Waals surface area contributed by atoms with Gasteiger partial charge >= 0.3 is 0 Å². The Morgan fingerprint density at radius 3 is 2.22 bits per heavy atom. The molecule has 2 amide bonds. The van der Waals surface area contributed by atoms with E-state index in [2.05, 4.69) is 21.2 Å². The van der Waals surface area contributed by atoms with Crippen LogP contribution in [0, 0.1) is 6.92 Å². The molecular weight excluding hydrogens is 649 g/mol. The topological polar surface area (TPSA) is 86.8 Å². The molecular formula is C30H32BrCl2N3O4S. The Bertz CT molecular complexity index is 1500. The molecule has 1 fully saturated rings. The largest absolute Gasteiger partial charge is 0.352 e. The van der Waals surface area contributed by atoms with Gasteiger partial charge in [0.2, 0.25) is 11.8 Å². The first-order valence-corrected chi connectivity index (χ1v) is 16.3. The third-order valence-electron chi connectivity index (χ3n) is 7.21. The maximum Gasteiger partial charge on any atom is 0.264 e. The molecule has 0 aromatic heterocycles. The fourth-order valence-electron chi connectivity index (χ4n) is 4.77. The SMILES string of the molecule is Cc1ccc(S(=O)(=O)N(CC(=O)N(Cc2ccc(Br)cc2)[C@H](C)C(=O)NC2CCCC2)c2ccc(Cl)c(Cl)c2)cc1. The summed E-state index contributed by atoms with van der Waals surface area (Å²) in [6.45, 7) is 3.09. The molecule has 41 heavy (non-hydrogen) atoms. The van der Waals surface area contributed by atoms with Crippen LogP contribution < -0.4 is 9.62 Å². The Kier molecular flexibility index (Phi) is 10.4. The summed E-state index contributed by atoms with van der Waals surface area (Å²) in [5.74, 6) is -0.811. The summed E-state index contributed by atoms with van der Waals surface area (Å²) in [6.07, 6.45) is 3.91. The van der Waals surface area contributed by atoms with E-state index in [1.807, 2.05) is 31.2 Å². The fraction of sp³-hybridized carbons (Fsp3) is 0.333. The highest BCUT2D eigenvalue weighted by molar-refractivity contribution is 9.10. The highest BCUT2D eigenvalue weighted by Gasteiger charge is 2.33. The average Bonchev–Trinajstić information content (AvgIpc) is 3.45. The van der Waals surface area contributed by atoms with Crippen molar-refractivity contribution in [2.75, 3.05) is 10.8 Å². The number of rotatable bonds is 10. The van der Waals surface area contributed by atoms with Crippen LogP contribution in [0.15, 0.2) is 76.1 Å². The van der Waals surface area contributed by atoms with Crippen LogP contribution in [-0.4, -0.2) is 43.8 Å². The number of carbonyl (C=O) groups is 2. The standard InChI is InChI=1S/C30H32BrCl2N3O4S/c1-20-7-14-26(15-8-20)41(39,40)36(25-13-16-27(32)28(33)17-25)19-29(37)35(18-22-9-11-23(31)12-10-22)21(2)30(38)34-24-5-3-4-6-24/h7-17,21,24H,3-6,18-19H2,1-2H3,(H,34,38)/t21-/m1/s1. The second-order valence-corrected chi connectivity index (χ2v) is 13.8. The number of aryl methyl sites for hydroxylation is 1. The molecule has 0 bridgehead atoms. The van der Waals surface area contributed by atoms with E-state index in [1.54, 1.807) is 19.1 Å². The van der Waals surface area contributed by atoms with Crippen LogP contribution in [0.5, 0.6) is 0 Å². The van der Waals surface area contributed by atoms with Gasteiger partial charge in [-0.1, -0.05) is 81.8 Å². The monoisotopic (exact) mass is 679 g/mol. The summed E-state index contributed by atoms with van der Waals surface area (Å²) in [6, 6.07) is 17.4. The van der Waals surface area contributed by atoms with Gasteiger partial charge in [-0.2, -0.15) is 0 Å². The van der Waals surface area contributed by atoms with Crippen molar-refractivity contribution in [2.45, 2.75) is 63.1 Å². The van der Waals surface area contributed by atoms with Gasteiger partial charge in [0.15, 0.2) is 0 Å². The molecule has 218 valence electrons. The van der Waals surface area contributed by atoms with Crippen LogP contribution in [0.2, 0.25) is 10.0 Å². The number of hydrogen-bond acceptors (Lipinski definition) is 4. The minimum atomic E-state index is -4.19. The number of sulfonamides is 1. The quantitative estimate of drug-likeness (QED) is 0.257. The summed E-state index contributed by atoms with van der Waals surface area (Å²) in [4.78, 5) is 28.8. The molecule has 1 aliphatic carbocycles. The highest BCUT2D eigenvalue weighted by atomic mass is 79.9. The van der Waals surface area contributed by atoms with Gasteiger partial charge in [0.05, 0.1) is 20.6 Å². The number of anilines is 1. The summed E-state index contributed by atoms with van der Waals surface area (Å²) in [5.41, 5.74) is 1.87. The van der Waals surface area contributed by atoms with Crippen molar-refractivity contribution in [1.82, 2.24) is 10.2 Å². The Morgan fingerprint density at radius 2 is 1.61 bits per heavy atom. The predicted molar refractivity (Wildman–Crippen MR) is 167 cm³/mol. The van der Waals surface area contributed by atoms with Crippen molar-refractivity contribution < 1.29 is 18.0 Å². The second kappa shape index (κ2) is 13.6. The summed E-state index contributed by atoms with van der Waals surface area (Å²) >= 11 is 15.8. The zero-order valence-electron chi connectivity index (χ0n) is 22.8. The highest BCUT2D eigenvalue weighted by Crippen LogP contribution is 2.31. The van der Waals surface area contributed by atoms with Gasteiger partial charge < -0.3 is 10.2 Å². The third kappa shape index (κ3) is 7.83. The van der Waals surface area contributed by atoms with Crippen LogP contribution in [-0.2, 0) is 26.2 Å². The lowest BCUT2D eigenvalue weighted by Crippen LogP contribution is -2.52. The lowest BCUT2D eigenvalue weighted by molar-refractivity contribution is -0.139. The van der Waals surface area contributed by atoms with E-state index in [-0.39, 0.29) is 39.1 Å². The third-order valence-corrected chi connectivity index (χ3v) is 10.3. The molecule has 0 unspecified atom stereocenters. The summed E-state index contributed by atoms with van der Waals surface area (Å²) < 4.78 is 29.7. The molecule has 7 nitrogen and oxygen atoms in total. The van der Waals surface area contributed by atoms with Crippen molar-refractivity contribution in [2.24, 2.45) is 0 Å². The molecule has 3 aromatic rings. The maximum absolute atomic E-state index is 14.0. The van der Waals surface area contributed by atoms with E-state index < -0.39 is 28.5 Å². The Labute approximate surface area is 260 Å². The number of amides is 2. The van der Waals surface area contributed by atoms with Gasteiger partial charge in [-0.25, -0.2) is 8.42 Å². The van der Waals surface area contributed by atoms with Gasteiger partial charge in [0, 0.05) is 17.1 Å². The smallest absolute Gasteiger partial charge is 0.264 e. The lowest BCUT2D eigenvalue weighted by atomic mass is 10.1. The molecule has 1 atom stereocenters. The van der Waals surface area contributed by atoms with E-state index in [4.69, 9.17) is 23.2 Å². The maximum atomic E-state index is 14.0. The second-order valence-electron chi connectivity index (χ2n) is 10.2. The van der Waals surface area contributed by atoms with Crippen molar-refractivity contribution in [1.29, 1.82) is 0 Å². The molecule has 0 radical (unpaired) electrons. The number of halogens is 3. The van der Waals surface area contributed by atoms with Crippen molar-refractivity contribution >= 4 is 66.7 Å². The van der Waals surface area contributed by atoms with Crippen molar-refractivity contribution in [3.8, 4) is 0 Å². The molecule has 1 N–H and O–H groups in total. The molecule has 4 rings (SSSR count). The molecule has 0 spiro atoms. The van der Waals surface area contributed by atoms with E-state index in [0.717, 1.165) is 45.6 Å². The number of hydrogen-bond donors (Lipinski definition) is 1. The molecule has 11 heteroatoms. The molecule has 0 saturated heterocycles. The van der Waals surface area contributed by atoms with Gasteiger partial charge in [-0.05, 0) is 74.7 Å². The Morgan fingerprint density at radius 1 is 0.976 bits per heavy atom. The van der Waals surface area contributed by atoms with Crippen LogP contribution in [0.1, 0.15) is 43.7 Å². The first-order chi connectivity index (χ1) is 19.5. The minimum Gasteiger partial charge on any atom is -0.352 e. The van der Waals surface area contributed by atoms with E-state index in [9.17, 15) is 18.0 Å². The molecule has 0 heterocycles. The van der Waals surface area contributed by atoms with Crippen LogP contribution in [0.25, 0.3) is 0 Å². The van der Waals surface area contributed by atoms with Gasteiger partial charge in [0.25, 0.3) is 10.0 Å². The van der Waals surface area contributed by atoms with E-state index in [1.165, 1.54) is 35.2 Å². The minimum absolute atomic E-state index is 0.0217. The van der Waals surface area contributed by atoms with Crippen LogP contribution in [0.3, 0.4) is 0 Å². The van der Waals surface area contributed by atoms with Gasteiger partial charge in [0.1, 0.15) is 12.6 Å². The first kappa shape index (κ1) is 31.3. The van der Waals surface area contributed by atoms with Crippen LogP contribution >= 0.6 is 39.1 Å². The molecule has 1 aliphatic rings. The number of benzene rings is 3. The normalized spacial score (nSPS) is 14.5. The Hall–Kier alpha value is -2.59. The molecule has 1 saturated carbocycles. The summed E-state index contributed by atoms with van der Waals surface area (Å²) in [7, 11) is -4.19. The number of carbonyl (C=O) groups excluding carboxylic acids is 2. The number of nitrogens with zero attached hydrogens (tertiary/aromatic N) is 2. The molecule has 3 aromatic carbocycles. The first-order valence-electron chi connectivity index (χ1n) is 13.3. The van der Waals surface area contributed by atoms with E-state index in [0.29, 0.717) is 0 Å². The zero-order chi connectivity index (χ0) is 29.7. The Balaban J connectivity index is 1.70. The average molecular weight is 681 g/mol. The van der Waals surface area contributed by atoms with Crippen LogP contribution in [0.4, 0.5) is 5.69 Å². The molecule has 0 aliphatic heterocycles. The number of nitrogens with one attached hydrogen (secondary N) is 1. The van der Waals surface area contributed by atoms with E-state index >= 15 is 0 Å². The summed E-state index contributed by atoms with van der Waals surface area (Å²) in [5, 5.41) is 3.47. The van der Waals surface area contributed by atoms with Crippen molar-refractivity contribution in [3.63, 3.8) is 0 Å².